The van der Waals surface area contributed by atoms with Crippen LogP contribution in [-0.2, 0) is 9.59 Å². The Balaban J connectivity index is 2.11. The summed E-state index contributed by atoms with van der Waals surface area (Å²) >= 11 is 0. The molecular weight excluding hydrogens is 288 g/mol. The molecule has 0 saturated carbocycles. The van der Waals surface area contributed by atoms with Crippen LogP contribution in [0.3, 0.4) is 0 Å². The molecule has 0 spiro atoms. The molecular formula is C15H18N2O5. The number of non-ortho nitro benzene ring substituents is 1. The maximum Gasteiger partial charge on any atom is 0.316 e. The number of hydrogen-bond acceptors (Lipinski definition) is 5. The Hall–Kier alpha value is -2.44. The van der Waals surface area contributed by atoms with Gasteiger partial charge in [-0.2, -0.15) is 0 Å². The van der Waals surface area contributed by atoms with Gasteiger partial charge in [0.15, 0.2) is 0 Å². The average molecular weight is 306 g/mol. The van der Waals surface area contributed by atoms with Crippen molar-refractivity contribution in [2.75, 3.05) is 6.54 Å². The van der Waals surface area contributed by atoms with Gasteiger partial charge >= 0.3 is 5.97 Å². The monoisotopic (exact) mass is 306 g/mol. The molecule has 0 bridgehead atoms. The van der Waals surface area contributed by atoms with Gasteiger partial charge in [-0.15, -0.1) is 0 Å². The molecule has 0 aliphatic carbocycles. The number of nitrogens with zero attached hydrogens (tertiary/aromatic N) is 2. The molecule has 1 saturated heterocycles. The van der Waals surface area contributed by atoms with Crippen molar-refractivity contribution in [3.63, 3.8) is 0 Å². The molecule has 2 rings (SSSR count). The first kappa shape index (κ1) is 15.9. The summed E-state index contributed by atoms with van der Waals surface area (Å²) in [5, 5.41) is 10.8. The van der Waals surface area contributed by atoms with Crippen molar-refractivity contribution in [2.24, 2.45) is 5.92 Å². The van der Waals surface area contributed by atoms with Crippen molar-refractivity contribution < 1.29 is 19.2 Å². The number of nitro groups is 1. The molecule has 1 amide bonds. The molecule has 1 aromatic carbocycles. The van der Waals surface area contributed by atoms with Gasteiger partial charge < -0.3 is 9.64 Å². The molecule has 7 heteroatoms. The number of esters is 1. The van der Waals surface area contributed by atoms with Crippen LogP contribution in [0.5, 0.6) is 5.75 Å². The summed E-state index contributed by atoms with van der Waals surface area (Å²) in [7, 11) is 0. The number of hydrogen-bond donors (Lipinski definition) is 0. The van der Waals surface area contributed by atoms with Gasteiger partial charge in [-0.3, -0.25) is 19.7 Å². The Labute approximate surface area is 128 Å². The van der Waals surface area contributed by atoms with Crippen LogP contribution >= 0.6 is 0 Å². The van der Waals surface area contributed by atoms with E-state index in [4.69, 9.17) is 4.74 Å². The fourth-order valence-corrected chi connectivity index (χ4v) is 2.39. The van der Waals surface area contributed by atoms with Crippen LogP contribution in [0.15, 0.2) is 18.2 Å². The number of amides is 1. The third-order valence-corrected chi connectivity index (χ3v) is 3.71. The predicted octanol–water partition coefficient (Wildman–Crippen LogP) is 2.07. The van der Waals surface area contributed by atoms with E-state index in [2.05, 4.69) is 0 Å². The van der Waals surface area contributed by atoms with Gasteiger partial charge in [-0.05, 0) is 32.4 Å². The normalized spacial score (nSPS) is 17.9. The van der Waals surface area contributed by atoms with Crippen molar-refractivity contribution in [1.29, 1.82) is 0 Å². The quantitative estimate of drug-likeness (QED) is 0.367. The maximum absolute atomic E-state index is 12.2. The number of nitro benzene ring substituents is 1. The highest BCUT2D eigenvalue weighted by atomic mass is 16.6. The van der Waals surface area contributed by atoms with Crippen LogP contribution in [0.4, 0.5) is 5.69 Å². The minimum atomic E-state index is -0.545. The van der Waals surface area contributed by atoms with E-state index in [1.807, 2.05) is 13.8 Å². The zero-order valence-corrected chi connectivity index (χ0v) is 12.7. The fraction of sp³-hybridized carbons (Fsp3) is 0.467. The Bertz CT molecular complexity index is 626. The summed E-state index contributed by atoms with van der Waals surface area (Å²) in [4.78, 5) is 35.9. The highest BCUT2D eigenvalue weighted by molar-refractivity contribution is 5.87. The summed E-state index contributed by atoms with van der Waals surface area (Å²) < 4.78 is 5.27. The van der Waals surface area contributed by atoms with Crippen molar-refractivity contribution >= 4 is 17.6 Å². The van der Waals surface area contributed by atoms with Gasteiger partial charge in [0.2, 0.25) is 5.91 Å². The molecule has 1 aromatic rings. The molecule has 1 unspecified atom stereocenters. The second kappa shape index (κ2) is 6.13. The van der Waals surface area contributed by atoms with Crippen LogP contribution in [0, 0.1) is 23.0 Å². The maximum atomic E-state index is 12.2. The second-order valence-electron chi connectivity index (χ2n) is 5.67. The van der Waals surface area contributed by atoms with Crippen molar-refractivity contribution in [2.45, 2.75) is 33.2 Å². The first-order valence-electron chi connectivity index (χ1n) is 7.05. The molecule has 1 atom stereocenters. The van der Waals surface area contributed by atoms with E-state index in [-0.39, 0.29) is 29.8 Å². The van der Waals surface area contributed by atoms with E-state index in [9.17, 15) is 19.7 Å². The van der Waals surface area contributed by atoms with Crippen LogP contribution in [0.2, 0.25) is 0 Å². The summed E-state index contributed by atoms with van der Waals surface area (Å²) in [5.74, 6) is -0.976. The lowest BCUT2D eigenvalue weighted by molar-refractivity contribution is -0.384. The van der Waals surface area contributed by atoms with E-state index in [1.54, 1.807) is 11.8 Å². The number of carbonyl (C=O) groups excluding carboxylic acids is 2. The number of likely N-dealkylation sites (tertiary alicyclic amines) is 1. The molecule has 0 aromatic heterocycles. The van der Waals surface area contributed by atoms with Crippen molar-refractivity contribution in [1.82, 2.24) is 4.90 Å². The van der Waals surface area contributed by atoms with E-state index in [0.29, 0.717) is 12.1 Å². The number of aryl methyl sites for hydroxylation is 1. The van der Waals surface area contributed by atoms with E-state index in [1.165, 1.54) is 18.2 Å². The van der Waals surface area contributed by atoms with Crippen LogP contribution in [0.25, 0.3) is 0 Å². The number of rotatable bonds is 4. The van der Waals surface area contributed by atoms with E-state index < -0.39 is 16.8 Å². The number of ether oxygens (including phenoxy) is 1. The Morgan fingerprint density at radius 2 is 2.14 bits per heavy atom. The lowest BCUT2D eigenvalue weighted by Crippen LogP contribution is -2.33. The third-order valence-electron chi connectivity index (χ3n) is 3.71. The summed E-state index contributed by atoms with van der Waals surface area (Å²) in [5.41, 5.74) is 0.490. The Morgan fingerprint density at radius 1 is 1.45 bits per heavy atom. The molecule has 1 fully saturated rings. The van der Waals surface area contributed by atoms with Crippen LogP contribution < -0.4 is 4.74 Å². The zero-order chi connectivity index (χ0) is 16.4. The lowest BCUT2D eigenvalue weighted by Gasteiger charge is -2.20. The largest absolute Gasteiger partial charge is 0.426 e. The van der Waals surface area contributed by atoms with Crippen LogP contribution in [-0.4, -0.2) is 34.3 Å². The molecule has 22 heavy (non-hydrogen) atoms. The smallest absolute Gasteiger partial charge is 0.316 e. The average Bonchev–Trinajstić information content (AvgIpc) is 2.83. The molecule has 0 N–H and O–H groups in total. The third kappa shape index (κ3) is 3.24. The lowest BCUT2D eigenvalue weighted by atomic mass is 10.1. The molecule has 0 radical (unpaired) electrons. The Kier molecular flexibility index (Phi) is 4.44. The standard InChI is InChI=1S/C15H18N2O5/c1-9(2)16-8-11(6-14(16)18)15(19)22-13-7-12(17(20)21)5-4-10(13)3/h4-5,7,9,11H,6,8H2,1-3H3. The molecule has 118 valence electrons. The SMILES string of the molecule is Cc1ccc([N+](=O)[O-])cc1OC(=O)C1CC(=O)N(C(C)C)C1. The van der Waals surface area contributed by atoms with Gasteiger partial charge in [-0.25, -0.2) is 0 Å². The molecule has 7 nitrogen and oxygen atoms in total. The first-order chi connectivity index (χ1) is 10.3. The van der Waals surface area contributed by atoms with Crippen LogP contribution in [0.1, 0.15) is 25.8 Å². The van der Waals surface area contributed by atoms with Gasteiger partial charge in [0.05, 0.1) is 16.9 Å². The highest BCUT2D eigenvalue weighted by Crippen LogP contribution is 2.27. The summed E-state index contributed by atoms with van der Waals surface area (Å²) in [6.07, 6.45) is 0.116. The van der Waals surface area contributed by atoms with Gasteiger partial charge in [0, 0.05) is 25.1 Å². The topological polar surface area (TPSA) is 89.7 Å². The number of carbonyl (C=O) groups is 2. The predicted molar refractivity (Wildman–Crippen MR) is 78.4 cm³/mol. The van der Waals surface area contributed by atoms with Gasteiger partial charge in [0.25, 0.3) is 5.69 Å². The van der Waals surface area contributed by atoms with Crippen molar-refractivity contribution in [3.8, 4) is 5.75 Å². The zero-order valence-electron chi connectivity index (χ0n) is 12.7. The Morgan fingerprint density at radius 3 is 2.68 bits per heavy atom. The fourth-order valence-electron chi connectivity index (χ4n) is 2.39. The second-order valence-corrected chi connectivity index (χ2v) is 5.67. The number of benzene rings is 1. The highest BCUT2D eigenvalue weighted by Gasteiger charge is 2.36. The summed E-state index contributed by atoms with van der Waals surface area (Å²) in [6, 6.07) is 4.14. The first-order valence-corrected chi connectivity index (χ1v) is 7.05. The summed E-state index contributed by atoms with van der Waals surface area (Å²) in [6.45, 7) is 5.79. The minimum absolute atomic E-state index is 0.0323. The molecule has 1 aliphatic rings. The minimum Gasteiger partial charge on any atom is -0.426 e. The van der Waals surface area contributed by atoms with Gasteiger partial charge in [0.1, 0.15) is 5.75 Å². The van der Waals surface area contributed by atoms with Gasteiger partial charge in [-0.1, -0.05) is 0 Å². The molecule has 1 heterocycles. The van der Waals surface area contributed by atoms with E-state index in [0.717, 1.165) is 0 Å². The molecule has 1 aliphatic heterocycles. The van der Waals surface area contributed by atoms with Crippen molar-refractivity contribution in [3.05, 3.63) is 33.9 Å². The van der Waals surface area contributed by atoms with E-state index >= 15 is 0 Å².